The number of hydrogen-bond acceptors (Lipinski definition) is 3. The molecular formula is C21H18FN3S. The molecule has 0 fully saturated rings. The second-order valence-electron chi connectivity index (χ2n) is 6.33. The Morgan fingerprint density at radius 2 is 1.85 bits per heavy atom. The van der Waals surface area contributed by atoms with Crippen LogP contribution in [0, 0.1) is 19.7 Å². The van der Waals surface area contributed by atoms with Gasteiger partial charge in [-0.05, 0) is 43.2 Å². The highest BCUT2D eigenvalue weighted by Crippen LogP contribution is 2.29. The van der Waals surface area contributed by atoms with E-state index < -0.39 is 0 Å². The molecule has 26 heavy (non-hydrogen) atoms. The average Bonchev–Trinajstić information content (AvgIpc) is 3.05. The van der Waals surface area contributed by atoms with E-state index >= 15 is 0 Å². The van der Waals surface area contributed by atoms with Crippen LogP contribution in [0.3, 0.4) is 0 Å². The fourth-order valence-electron chi connectivity index (χ4n) is 2.97. The molecule has 2 aromatic carbocycles. The van der Waals surface area contributed by atoms with Crippen molar-refractivity contribution >= 4 is 17.3 Å². The fraction of sp³-hybridized carbons (Fsp3) is 0.143. The second kappa shape index (κ2) is 6.92. The molecule has 0 aliphatic carbocycles. The first-order valence-electron chi connectivity index (χ1n) is 8.39. The number of rotatable bonds is 4. The fourth-order valence-corrected chi connectivity index (χ4v) is 3.91. The normalized spacial score (nSPS) is 11.2. The molecule has 0 radical (unpaired) electrons. The van der Waals surface area contributed by atoms with Gasteiger partial charge in [0.25, 0.3) is 0 Å². The average molecular weight is 363 g/mol. The first-order chi connectivity index (χ1) is 12.6. The van der Waals surface area contributed by atoms with Gasteiger partial charge in [-0.3, -0.25) is 0 Å². The number of nitrogens with zero attached hydrogens (tertiary/aromatic N) is 3. The highest BCUT2D eigenvalue weighted by Gasteiger charge is 2.11. The van der Waals surface area contributed by atoms with Gasteiger partial charge in [0, 0.05) is 23.7 Å². The minimum Gasteiger partial charge on any atom is -0.246 e. The van der Waals surface area contributed by atoms with E-state index in [2.05, 4.69) is 43.1 Å². The summed E-state index contributed by atoms with van der Waals surface area (Å²) in [5.74, 6) is 0.518. The second-order valence-corrected chi connectivity index (χ2v) is 7.29. The molecule has 0 saturated carbocycles. The van der Waals surface area contributed by atoms with Crippen molar-refractivity contribution in [3.05, 3.63) is 83.4 Å². The van der Waals surface area contributed by atoms with Gasteiger partial charge in [-0.15, -0.1) is 0 Å². The van der Waals surface area contributed by atoms with Gasteiger partial charge in [0.1, 0.15) is 10.8 Å². The maximum absolute atomic E-state index is 13.0. The van der Waals surface area contributed by atoms with E-state index in [1.807, 2.05) is 10.7 Å². The number of hydrogen-bond donors (Lipinski definition) is 0. The highest BCUT2D eigenvalue weighted by molar-refractivity contribution is 7.98. The minimum atomic E-state index is -0.215. The molecule has 2 aromatic heterocycles. The summed E-state index contributed by atoms with van der Waals surface area (Å²) in [4.78, 5) is 4.51. The largest absolute Gasteiger partial charge is 0.246 e. The predicted molar refractivity (Wildman–Crippen MR) is 104 cm³/mol. The zero-order valence-electron chi connectivity index (χ0n) is 14.6. The van der Waals surface area contributed by atoms with Crippen molar-refractivity contribution in [2.24, 2.45) is 0 Å². The van der Waals surface area contributed by atoms with Crippen LogP contribution in [-0.4, -0.2) is 14.6 Å². The van der Waals surface area contributed by atoms with Crippen molar-refractivity contribution in [1.82, 2.24) is 14.6 Å². The molecule has 5 heteroatoms. The van der Waals surface area contributed by atoms with Crippen LogP contribution < -0.4 is 0 Å². The summed E-state index contributed by atoms with van der Waals surface area (Å²) in [6, 6.07) is 15.1. The summed E-state index contributed by atoms with van der Waals surface area (Å²) in [5.41, 5.74) is 6.57. The van der Waals surface area contributed by atoms with Crippen molar-refractivity contribution in [3.8, 4) is 11.3 Å². The predicted octanol–water partition coefficient (Wildman–Crippen LogP) is 5.44. The lowest BCUT2D eigenvalue weighted by Crippen LogP contribution is -1.92. The summed E-state index contributed by atoms with van der Waals surface area (Å²) in [6.07, 6.45) is 3.63. The van der Waals surface area contributed by atoms with Gasteiger partial charge in [-0.2, -0.15) is 5.10 Å². The Balaban J connectivity index is 1.66. The Morgan fingerprint density at radius 3 is 2.62 bits per heavy atom. The van der Waals surface area contributed by atoms with Crippen LogP contribution >= 0.6 is 11.8 Å². The molecule has 4 rings (SSSR count). The van der Waals surface area contributed by atoms with Gasteiger partial charge in [0.05, 0.1) is 11.2 Å². The molecule has 0 saturated heterocycles. The zero-order chi connectivity index (χ0) is 18.1. The number of benzene rings is 2. The number of halogens is 1. The molecule has 3 nitrogen and oxygen atoms in total. The lowest BCUT2D eigenvalue weighted by Gasteiger charge is -2.03. The Hall–Kier alpha value is -2.66. The van der Waals surface area contributed by atoms with Crippen LogP contribution in [0.5, 0.6) is 0 Å². The lowest BCUT2D eigenvalue weighted by molar-refractivity contribution is 0.627. The number of fused-ring (bicyclic) bond motifs is 1. The van der Waals surface area contributed by atoms with Crippen LogP contribution in [0.2, 0.25) is 0 Å². The summed E-state index contributed by atoms with van der Waals surface area (Å²) >= 11 is 1.63. The molecule has 0 unspecified atom stereocenters. The van der Waals surface area contributed by atoms with Gasteiger partial charge in [-0.1, -0.05) is 47.7 Å². The van der Waals surface area contributed by atoms with E-state index in [1.54, 1.807) is 30.1 Å². The summed E-state index contributed by atoms with van der Waals surface area (Å²) in [5, 5.41) is 5.63. The number of aryl methyl sites for hydroxylation is 2. The van der Waals surface area contributed by atoms with E-state index in [0.717, 1.165) is 33.1 Å². The molecule has 0 bridgehead atoms. The van der Waals surface area contributed by atoms with Crippen molar-refractivity contribution in [1.29, 1.82) is 0 Å². The standard InChI is InChI=1S/C21H18FN3S/c1-14-3-8-18(15(2)11-14)19-12-20-21(23-9-10-25(20)24-19)26-13-16-4-6-17(22)7-5-16/h3-12H,13H2,1-2H3. The van der Waals surface area contributed by atoms with Gasteiger partial charge in [0.2, 0.25) is 0 Å². The highest BCUT2D eigenvalue weighted by atomic mass is 32.2. The number of thioether (sulfide) groups is 1. The molecule has 0 aliphatic rings. The number of aromatic nitrogens is 3. The zero-order valence-corrected chi connectivity index (χ0v) is 15.4. The molecule has 130 valence electrons. The molecule has 0 amide bonds. The van der Waals surface area contributed by atoms with E-state index in [0.29, 0.717) is 0 Å². The van der Waals surface area contributed by atoms with Crippen molar-refractivity contribution in [3.63, 3.8) is 0 Å². The van der Waals surface area contributed by atoms with Gasteiger partial charge >= 0.3 is 0 Å². The van der Waals surface area contributed by atoms with Gasteiger partial charge in [0.15, 0.2) is 0 Å². The summed E-state index contributed by atoms with van der Waals surface area (Å²) < 4.78 is 14.9. The quantitative estimate of drug-likeness (QED) is 0.452. The van der Waals surface area contributed by atoms with E-state index in [4.69, 9.17) is 5.10 Å². The Bertz CT molecular complexity index is 1070. The molecule has 0 spiro atoms. The van der Waals surface area contributed by atoms with Crippen molar-refractivity contribution in [2.45, 2.75) is 24.6 Å². The smallest absolute Gasteiger partial charge is 0.123 e. The van der Waals surface area contributed by atoms with Crippen LogP contribution in [0.1, 0.15) is 16.7 Å². The first kappa shape index (κ1) is 16.8. The topological polar surface area (TPSA) is 30.2 Å². The van der Waals surface area contributed by atoms with Crippen LogP contribution in [-0.2, 0) is 5.75 Å². The van der Waals surface area contributed by atoms with Gasteiger partial charge < -0.3 is 0 Å². The van der Waals surface area contributed by atoms with Crippen LogP contribution in [0.15, 0.2) is 66.0 Å². The van der Waals surface area contributed by atoms with E-state index in [-0.39, 0.29) is 5.82 Å². The molecule has 0 aliphatic heterocycles. The summed E-state index contributed by atoms with van der Waals surface area (Å²) in [6.45, 7) is 4.20. The Morgan fingerprint density at radius 1 is 1.04 bits per heavy atom. The Labute approximate surface area is 155 Å². The molecule has 0 N–H and O–H groups in total. The van der Waals surface area contributed by atoms with Crippen molar-refractivity contribution in [2.75, 3.05) is 0 Å². The third-order valence-corrected chi connectivity index (χ3v) is 5.37. The third kappa shape index (κ3) is 3.35. The van der Waals surface area contributed by atoms with E-state index in [1.165, 1.54) is 23.3 Å². The molecule has 2 heterocycles. The maximum Gasteiger partial charge on any atom is 0.123 e. The minimum absolute atomic E-state index is 0.215. The molecule has 0 atom stereocenters. The van der Waals surface area contributed by atoms with E-state index in [9.17, 15) is 4.39 Å². The third-order valence-electron chi connectivity index (χ3n) is 4.30. The SMILES string of the molecule is Cc1ccc(-c2cc3c(SCc4ccc(F)cc4)nccn3n2)c(C)c1. The lowest BCUT2D eigenvalue weighted by atomic mass is 10.0. The van der Waals surface area contributed by atoms with Crippen LogP contribution in [0.4, 0.5) is 4.39 Å². The van der Waals surface area contributed by atoms with Crippen LogP contribution in [0.25, 0.3) is 16.8 Å². The molecule has 4 aromatic rings. The molecular weight excluding hydrogens is 345 g/mol. The summed E-state index contributed by atoms with van der Waals surface area (Å²) in [7, 11) is 0. The Kier molecular flexibility index (Phi) is 4.47. The van der Waals surface area contributed by atoms with Crippen molar-refractivity contribution < 1.29 is 4.39 Å². The monoisotopic (exact) mass is 363 g/mol. The first-order valence-corrected chi connectivity index (χ1v) is 9.38. The maximum atomic E-state index is 13.0. The van der Waals surface area contributed by atoms with Gasteiger partial charge in [-0.25, -0.2) is 13.9 Å².